The molecule has 0 aromatic heterocycles. The van der Waals surface area contributed by atoms with Crippen LogP contribution in [0.15, 0.2) is 18.2 Å². The third-order valence-electron chi connectivity index (χ3n) is 2.38. The van der Waals surface area contributed by atoms with Crippen LogP contribution in [0.1, 0.15) is 28.8 Å². The zero-order valence-electron chi connectivity index (χ0n) is 9.86. The summed E-state index contributed by atoms with van der Waals surface area (Å²) in [6.07, 6.45) is -3.12. The fraction of sp³-hybridized carbons (Fsp3) is 0.417. The molecule has 1 aromatic carbocycles. The van der Waals surface area contributed by atoms with Crippen molar-refractivity contribution in [3.8, 4) is 0 Å². The topological polar surface area (TPSA) is 29.1 Å². The predicted molar refractivity (Wildman–Crippen MR) is 66.8 cm³/mol. The van der Waals surface area contributed by atoms with Crippen molar-refractivity contribution in [1.29, 1.82) is 0 Å². The maximum Gasteiger partial charge on any atom is 0.416 e. The molecule has 0 bridgehead atoms. The lowest BCUT2D eigenvalue weighted by Gasteiger charge is -2.10. The van der Waals surface area contributed by atoms with Crippen LogP contribution in [0.4, 0.5) is 17.6 Å². The highest BCUT2D eigenvalue weighted by atomic mass is 79.9. The van der Waals surface area contributed by atoms with Crippen LogP contribution in [0.3, 0.4) is 0 Å². The van der Waals surface area contributed by atoms with Gasteiger partial charge in [-0.05, 0) is 31.0 Å². The molecule has 0 atom stereocenters. The van der Waals surface area contributed by atoms with Gasteiger partial charge in [-0.25, -0.2) is 4.39 Å². The molecule has 1 aromatic rings. The third kappa shape index (κ3) is 4.81. The van der Waals surface area contributed by atoms with E-state index in [2.05, 4.69) is 21.2 Å². The second-order valence-corrected chi connectivity index (χ2v) is 4.64. The number of benzene rings is 1. The second-order valence-electron chi connectivity index (χ2n) is 3.84. The van der Waals surface area contributed by atoms with Crippen LogP contribution < -0.4 is 5.32 Å². The number of hydrogen-bond donors (Lipinski definition) is 1. The van der Waals surface area contributed by atoms with Crippen LogP contribution in [0.25, 0.3) is 0 Å². The van der Waals surface area contributed by atoms with Crippen molar-refractivity contribution in [1.82, 2.24) is 5.32 Å². The molecule has 0 heterocycles. The fourth-order valence-corrected chi connectivity index (χ4v) is 1.79. The van der Waals surface area contributed by atoms with Crippen molar-refractivity contribution < 1.29 is 22.4 Å². The van der Waals surface area contributed by atoms with Crippen LogP contribution in [0.2, 0.25) is 0 Å². The van der Waals surface area contributed by atoms with Gasteiger partial charge in [-0.3, -0.25) is 4.79 Å². The Hall–Kier alpha value is -1.11. The molecule has 0 saturated carbocycles. The average molecular weight is 342 g/mol. The van der Waals surface area contributed by atoms with Gasteiger partial charge in [0.15, 0.2) is 0 Å². The van der Waals surface area contributed by atoms with Gasteiger partial charge in [0.1, 0.15) is 5.82 Å². The van der Waals surface area contributed by atoms with Gasteiger partial charge in [-0.15, -0.1) is 0 Å². The molecule has 7 heteroatoms. The zero-order chi connectivity index (χ0) is 14.5. The molecule has 0 unspecified atom stereocenters. The first-order valence-corrected chi connectivity index (χ1v) is 6.69. The van der Waals surface area contributed by atoms with Crippen molar-refractivity contribution in [3.63, 3.8) is 0 Å². The highest BCUT2D eigenvalue weighted by molar-refractivity contribution is 9.09. The molecule has 0 saturated heterocycles. The first kappa shape index (κ1) is 15.9. The Morgan fingerprint density at radius 3 is 2.53 bits per heavy atom. The van der Waals surface area contributed by atoms with Gasteiger partial charge in [0.05, 0.1) is 11.1 Å². The lowest BCUT2D eigenvalue weighted by Crippen LogP contribution is -2.26. The fourth-order valence-electron chi connectivity index (χ4n) is 1.39. The Morgan fingerprint density at radius 2 is 1.95 bits per heavy atom. The lowest BCUT2D eigenvalue weighted by atomic mass is 10.1. The van der Waals surface area contributed by atoms with E-state index in [0.717, 1.165) is 11.8 Å². The first-order chi connectivity index (χ1) is 8.86. The molecule has 0 spiro atoms. The number of rotatable bonds is 5. The summed E-state index contributed by atoms with van der Waals surface area (Å²) in [7, 11) is 0. The van der Waals surface area contributed by atoms with Crippen molar-refractivity contribution in [2.45, 2.75) is 19.0 Å². The smallest absolute Gasteiger partial charge is 0.352 e. The Morgan fingerprint density at radius 1 is 1.26 bits per heavy atom. The van der Waals surface area contributed by atoms with Gasteiger partial charge in [-0.2, -0.15) is 13.2 Å². The minimum Gasteiger partial charge on any atom is -0.352 e. The van der Waals surface area contributed by atoms with E-state index in [1.165, 1.54) is 0 Å². The van der Waals surface area contributed by atoms with Crippen LogP contribution in [-0.2, 0) is 6.18 Å². The SMILES string of the molecule is O=C(NCCCCBr)c1cc(C(F)(F)F)ccc1F. The summed E-state index contributed by atoms with van der Waals surface area (Å²) in [5.41, 5.74) is -1.63. The number of hydrogen-bond acceptors (Lipinski definition) is 1. The first-order valence-electron chi connectivity index (χ1n) is 5.57. The van der Waals surface area contributed by atoms with Crippen LogP contribution >= 0.6 is 15.9 Å². The van der Waals surface area contributed by atoms with E-state index in [0.29, 0.717) is 31.2 Å². The molecular formula is C12H12BrF4NO. The summed E-state index contributed by atoms with van der Waals surface area (Å²) >= 11 is 3.21. The summed E-state index contributed by atoms with van der Waals surface area (Å²) in [6, 6.07) is 1.78. The van der Waals surface area contributed by atoms with Gasteiger partial charge < -0.3 is 5.32 Å². The van der Waals surface area contributed by atoms with E-state index in [1.54, 1.807) is 0 Å². The number of amides is 1. The third-order valence-corrected chi connectivity index (χ3v) is 2.95. The lowest BCUT2D eigenvalue weighted by molar-refractivity contribution is -0.137. The summed E-state index contributed by atoms with van der Waals surface area (Å²) in [5, 5.41) is 3.15. The molecule has 19 heavy (non-hydrogen) atoms. The van der Waals surface area contributed by atoms with E-state index in [1.807, 2.05) is 0 Å². The zero-order valence-corrected chi connectivity index (χ0v) is 11.4. The van der Waals surface area contributed by atoms with Gasteiger partial charge in [0.25, 0.3) is 5.91 Å². The Kier molecular flexibility index (Phi) is 5.78. The number of nitrogens with one attached hydrogen (secondary N) is 1. The molecule has 1 rings (SSSR count). The maximum atomic E-state index is 13.3. The largest absolute Gasteiger partial charge is 0.416 e. The number of alkyl halides is 4. The average Bonchev–Trinajstić information content (AvgIpc) is 2.33. The minimum absolute atomic E-state index is 0.292. The monoisotopic (exact) mass is 341 g/mol. The van der Waals surface area contributed by atoms with Crippen LogP contribution in [-0.4, -0.2) is 17.8 Å². The molecule has 0 aliphatic heterocycles. The summed E-state index contributed by atoms with van der Waals surface area (Å²) in [5.74, 6) is -1.80. The van der Waals surface area contributed by atoms with Crippen molar-refractivity contribution >= 4 is 21.8 Å². The Labute approximate surface area is 116 Å². The number of carbonyl (C=O) groups is 1. The van der Waals surface area contributed by atoms with Crippen molar-refractivity contribution in [2.75, 3.05) is 11.9 Å². The van der Waals surface area contributed by atoms with Crippen LogP contribution in [0.5, 0.6) is 0 Å². The number of unbranched alkanes of at least 4 members (excludes halogenated alkanes) is 1. The molecule has 0 aliphatic carbocycles. The maximum absolute atomic E-state index is 13.3. The van der Waals surface area contributed by atoms with E-state index in [-0.39, 0.29) is 0 Å². The Balaban J connectivity index is 2.78. The standard InChI is InChI=1S/C12H12BrF4NO/c13-5-1-2-6-18-11(19)9-7-8(12(15,16)17)3-4-10(9)14/h3-4,7H,1-2,5-6H2,(H,18,19). The Bertz CT molecular complexity index is 448. The molecule has 1 N–H and O–H groups in total. The van der Waals surface area contributed by atoms with Crippen molar-refractivity contribution in [2.24, 2.45) is 0 Å². The highest BCUT2D eigenvalue weighted by Crippen LogP contribution is 2.30. The normalized spacial score (nSPS) is 11.4. The van der Waals surface area contributed by atoms with Gasteiger partial charge in [0, 0.05) is 11.9 Å². The van der Waals surface area contributed by atoms with E-state index in [9.17, 15) is 22.4 Å². The molecular weight excluding hydrogens is 330 g/mol. The molecule has 106 valence electrons. The summed E-state index contributed by atoms with van der Waals surface area (Å²) in [4.78, 5) is 11.6. The van der Waals surface area contributed by atoms with E-state index in [4.69, 9.17) is 0 Å². The summed E-state index contributed by atoms with van der Waals surface area (Å²) in [6.45, 7) is 0.292. The molecule has 1 amide bonds. The molecule has 2 nitrogen and oxygen atoms in total. The summed E-state index contributed by atoms with van der Waals surface area (Å²) < 4.78 is 50.7. The quantitative estimate of drug-likeness (QED) is 0.493. The van der Waals surface area contributed by atoms with Gasteiger partial charge >= 0.3 is 6.18 Å². The predicted octanol–water partition coefficient (Wildman–Crippen LogP) is 3.75. The molecule has 0 radical (unpaired) electrons. The number of carbonyl (C=O) groups excluding carboxylic acids is 1. The van der Waals surface area contributed by atoms with Gasteiger partial charge in [-0.1, -0.05) is 15.9 Å². The van der Waals surface area contributed by atoms with E-state index >= 15 is 0 Å². The van der Waals surface area contributed by atoms with Gasteiger partial charge in [0.2, 0.25) is 0 Å². The molecule has 0 fully saturated rings. The highest BCUT2D eigenvalue weighted by Gasteiger charge is 2.31. The molecule has 0 aliphatic rings. The number of halogens is 5. The van der Waals surface area contributed by atoms with Crippen LogP contribution in [0, 0.1) is 5.82 Å². The minimum atomic E-state index is -4.60. The van der Waals surface area contributed by atoms with Crippen molar-refractivity contribution in [3.05, 3.63) is 35.1 Å². The second kappa shape index (κ2) is 6.88. The van der Waals surface area contributed by atoms with E-state index < -0.39 is 29.0 Å².